The molecular weight excluding hydrogens is 399 g/mol. The van der Waals surface area contributed by atoms with Crippen LogP contribution in [0.3, 0.4) is 0 Å². The van der Waals surface area contributed by atoms with E-state index in [0.29, 0.717) is 0 Å². The fourth-order valence-corrected chi connectivity index (χ4v) is 4.29. The molecule has 1 aliphatic heterocycles. The third kappa shape index (κ3) is 4.10. The first-order chi connectivity index (χ1) is 11.4. The van der Waals surface area contributed by atoms with Crippen molar-refractivity contribution in [2.24, 2.45) is 0 Å². The monoisotopic (exact) mass is 427 g/mol. The van der Waals surface area contributed by atoms with E-state index in [0.717, 1.165) is 13.1 Å². The third-order valence-corrected chi connectivity index (χ3v) is 4.92. The van der Waals surface area contributed by atoms with Gasteiger partial charge in [0.1, 0.15) is 0 Å². The minimum atomic E-state index is 0. The molecule has 1 heterocycles. The van der Waals surface area contributed by atoms with Crippen LogP contribution in [0, 0.1) is 48.2 Å². The maximum Gasteiger partial charge on any atom is 0.0145 e. The molecule has 2 aromatic carbocycles. The number of hydrogen-bond acceptors (Lipinski definition) is 2. The van der Waals surface area contributed by atoms with Crippen molar-refractivity contribution in [3.05, 3.63) is 64.3 Å². The molecule has 0 atom stereocenters. The zero-order valence-electron chi connectivity index (χ0n) is 16.2. The molecular formula is C22H29N2Pd-. The van der Waals surface area contributed by atoms with Crippen molar-refractivity contribution < 1.29 is 20.4 Å². The van der Waals surface area contributed by atoms with Crippen LogP contribution >= 0.6 is 0 Å². The molecule has 0 aromatic heterocycles. The van der Waals surface area contributed by atoms with E-state index in [1.165, 1.54) is 51.2 Å². The van der Waals surface area contributed by atoms with Crippen LogP contribution in [-0.4, -0.2) is 13.1 Å². The second-order valence-corrected chi connectivity index (χ2v) is 7.35. The largest absolute Gasteiger partial charge is 0.503 e. The van der Waals surface area contributed by atoms with Gasteiger partial charge < -0.3 is 9.80 Å². The van der Waals surface area contributed by atoms with Gasteiger partial charge in [0.05, 0.1) is 0 Å². The molecule has 25 heavy (non-hydrogen) atoms. The van der Waals surface area contributed by atoms with Crippen LogP contribution in [-0.2, 0) is 20.4 Å². The summed E-state index contributed by atoms with van der Waals surface area (Å²) in [5, 5.41) is 0. The molecule has 0 amide bonds. The average Bonchev–Trinajstić information content (AvgIpc) is 2.45. The molecule has 138 valence electrons. The Morgan fingerprint density at radius 1 is 0.640 bits per heavy atom. The number of benzene rings is 2. The molecule has 1 fully saturated rings. The second kappa shape index (κ2) is 7.94. The second-order valence-electron chi connectivity index (χ2n) is 7.35. The van der Waals surface area contributed by atoms with Gasteiger partial charge in [0.25, 0.3) is 0 Å². The van der Waals surface area contributed by atoms with Crippen molar-refractivity contribution in [2.75, 3.05) is 22.9 Å². The summed E-state index contributed by atoms with van der Waals surface area (Å²) >= 11 is 0. The van der Waals surface area contributed by atoms with Gasteiger partial charge >= 0.3 is 0 Å². The Balaban J connectivity index is 0.00000225. The first-order valence-electron chi connectivity index (χ1n) is 8.91. The first-order valence-corrected chi connectivity index (χ1v) is 8.91. The topological polar surface area (TPSA) is 6.48 Å². The summed E-state index contributed by atoms with van der Waals surface area (Å²) in [6.45, 7) is 17.8. The molecule has 0 aliphatic carbocycles. The summed E-state index contributed by atoms with van der Waals surface area (Å²) in [7, 11) is 0. The molecule has 0 saturated carbocycles. The molecule has 3 rings (SSSR count). The van der Waals surface area contributed by atoms with Crippen LogP contribution in [0.1, 0.15) is 39.8 Å². The Morgan fingerprint density at radius 2 is 0.960 bits per heavy atom. The van der Waals surface area contributed by atoms with Gasteiger partial charge in [-0.3, -0.25) is 0 Å². The van der Waals surface area contributed by atoms with E-state index in [2.05, 4.69) is 82.3 Å². The molecule has 2 aromatic rings. The standard InChI is InChI=1S/C22H29N2.Pd/c1-15-10-17(3)21(18(4)11-15)23-8-7-9-24(14-23)22-19(5)12-16(2)13-20(22)6;/h10-14H,7-9H2,1-6H3;/q-1;. The zero-order valence-corrected chi connectivity index (χ0v) is 17.8. The summed E-state index contributed by atoms with van der Waals surface area (Å²) < 4.78 is 0. The maximum absolute atomic E-state index is 2.44. The van der Waals surface area contributed by atoms with Gasteiger partial charge in [-0.2, -0.15) is 6.67 Å². The Kier molecular flexibility index (Phi) is 6.36. The summed E-state index contributed by atoms with van der Waals surface area (Å²) in [5.41, 5.74) is 10.9. The number of nitrogens with zero attached hydrogens (tertiary/aromatic N) is 2. The summed E-state index contributed by atoms with van der Waals surface area (Å²) in [6, 6.07) is 9.16. The van der Waals surface area contributed by atoms with Crippen molar-refractivity contribution in [1.29, 1.82) is 0 Å². The summed E-state index contributed by atoms with van der Waals surface area (Å²) in [6.07, 6.45) is 1.18. The number of rotatable bonds is 2. The van der Waals surface area contributed by atoms with Gasteiger partial charge in [0.2, 0.25) is 0 Å². The van der Waals surface area contributed by atoms with E-state index in [1.54, 1.807) is 0 Å². The van der Waals surface area contributed by atoms with Crippen LogP contribution < -0.4 is 9.80 Å². The quantitative estimate of drug-likeness (QED) is 0.469. The van der Waals surface area contributed by atoms with E-state index >= 15 is 0 Å². The molecule has 0 N–H and O–H groups in total. The number of aryl methyl sites for hydroxylation is 6. The summed E-state index contributed by atoms with van der Waals surface area (Å²) in [5.74, 6) is 0. The van der Waals surface area contributed by atoms with Gasteiger partial charge in [0.15, 0.2) is 0 Å². The van der Waals surface area contributed by atoms with Gasteiger partial charge in [-0.15, -0.1) is 0 Å². The van der Waals surface area contributed by atoms with E-state index < -0.39 is 0 Å². The molecule has 2 nitrogen and oxygen atoms in total. The molecule has 3 heteroatoms. The van der Waals surface area contributed by atoms with Gasteiger partial charge in [-0.05, 0) is 83.3 Å². The van der Waals surface area contributed by atoms with Gasteiger partial charge in [-0.1, -0.05) is 35.4 Å². The van der Waals surface area contributed by atoms with Crippen molar-refractivity contribution in [1.82, 2.24) is 0 Å². The molecule has 0 radical (unpaired) electrons. The predicted octanol–water partition coefficient (Wildman–Crippen LogP) is 5.37. The Labute approximate surface area is 166 Å². The normalized spacial score (nSPS) is 14.5. The SMILES string of the molecule is Cc1cc(C)c(N2[CH-]N(c3c(C)cc(C)cc3C)CCC2)c(C)c1.[Pd]. The molecule has 0 unspecified atom stereocenters. The Bertz CT molecular complexity index is 657. The number of hydrogen-bond donors (Lipinski definition) is 0. The first kappa shape index (κ1) is 20.0. The Morgan fingerprint density at radius 3 is 1.28 bits per heavy atom. The Hall–Kier alpha value is -1.30. The average molecular weight is 428 g/mol. The van der Waals surface area contributed by atoms with Crippen molar-refractivity contribution in [2.45, 2.75) is 48.0 Å². The summed E-state index contributed by atoms with van der Waals surface area (Å²) in [4.78, 5) is 4.87. The van der Waals surface area contributed by atoms with Crippen molar-refractivity contribution >= 4 is 11.4 Å². The van der Waals surface area contributed by atoms with Crippen LogP contribution in [0.15, 0.2) is 24.3 Å². The van der Waals surface area contributed by atoms with Crippen LogP contribution in [0.5, 0.6) is 0 Å². The van der Waals surface area contributed by atoms with Gasteiger partial charge in [0, 0.05) is 31.8 Å². The third-order valence-electron chi connectivity index (χ3n) is 4.92. The van der Waals surface area contributed by atoms with Crippen LogP contribution in [0.2, 0.25) is 0 Å². The van der Waals surface area contributed by atoms with E-state index in [9.17, 15) is 0 Å². The molecule has 0 bridgehead atoms. The van der Waals surface area contributed by atoms with Gasteiger partial charge in [-0.25, -0.2) is 0 Å². The predicted molar refractivity (Wildman–Crippen MR) is 105 cm³/mol. The van der Waals surface area contributed by atoms with E-state index in [-0.39, 0.29) is 20.4 Å². The van der Waals surface area contributed by atoms with Crippen LogP contribution in [0.4, 0.5) is 11.4 Å². The molecule has 0 spiro atoms. The van der Waals surface area contributed by atoms with Crippen molar-refractivity contribution in [3.63, 3.8) is 0 Å². The molecule has 1 aliphatic rings. The van der Waals surface area contributed by atoms with Crippen molar-refractivity contribution in [3.8, 4) is 0 Å². The smallest absolute Gasteiger partial charge is 0.0145 e. The minimum Gasteiger partial charge on any atom is -0.503 e. The maximum atomic E-state index is 2.44. The minimum absolute atomic E-state index is 0. The van der Waals surface area contributed by atoms with Crippen LogP contribution in [0.25, 0.3) is 0 Å². The molecule has 1 saturated heterocycles. The number of anilines is 2. The fourth-order valence-electron chi connectivity index (χ4n) is 4.29. The fraction of sp³-hybridized carbons (Fsp3) is 0.409. The zero-order chi connectivity index (χ0) is 17.4. The van der Waals surface area contributed by atoms with E-state index in [1.807, 2.05) is 0 Å². The van der Waals surface area contributed by atoms with E-state index in [4.69, 9.17) is 0 Å².